The maximum atomic E-state index is 12.0. The lowest BCUT2D eigenvalue weighted by Gasteiger charge is -2.38. The number of nitrogens with zero attached hydrogens (tertiary/aromatic N) is 4. The summed E-state index contributed by atoms with van der Waals surface area (Å²) in [4.78, 5) is 30.8. The Morgan fingerprint density at radius 2 is 2.15 bits per heavy atom. The summed E-state index contributed by atoms with van der Waals surface area (Å²) in [7, 11) is 0. The van der Waals surface area contributed by atoms with E-state index in [4.69, 9.17) is 4.74 Å². The van der Waals surface area contributed by atoms with E-state index in [0.717, 1.165) is 53.4 Å². The number of hydrogen-bond donors (Lipinski definition) is 2. The number of H-pyrrole nitrogens is 1. The van der Waals surface area contributed by atoms with Gasteiger partial charge in [0.1, 0.15) is 23.9 Å². The number of nitrogens with one attached hydrogen (secondary N) is 2. The van der Waals surface area contributed by atoms with Gasteiger partial charge in [-0.15, -0.1) is 0 Å². The van der Waals surface area contributed by atoms with Crippen LogP contribution in [0.4, 0.5) is 10.6 Å². The van der Waals surface area contributed by atoms with Crippen molar-refractivity contribution >= 4 is 33.8 Å². The van der Waals surface area contributed by atoms with Gasteiger partial charge in [-0.1, -0.05) is 0 Å². The van der Waals surface area contributed by atoms with E-state index in [0.29, 0.717) is 18.6 Å². The molecule has 2 fully saturated rings. The highest BCUT2D eigenvalue weighted by Crippen LogP contribution is 2.33. The number of ether oxygens (including phenoxy) is 1. The summed E-state index contributed by atoms with van der Waals surface area (Å²) < 4.78 is 5.67. The van der Waals surface area contributed by atoms with Crippen LogP contribution in [0.1, 0.15) is 32.6 Å². The SMILES string of the molecule is CC1CCC(OC(=O)NC2CC2)CN1c1ncnc2cnc3[nH]ccc3c12. The molecule has 1 aliphatic heterocycles. The largest absolute Gasteiger partial charge is 0.444 e. The highest BCUT2D eigenvalue weighted by atomic mass is 16.6. The average molecular weight is 366 g/mol. The molecule has 1 amide bonds. The third-order valence-electron chi connectivity index (χ3n) is 5.45. The summed E-state index contributed by atoms with van der Waals surface area (Å²) in [5.41, 5.74) is 1.63. The van der Waals surface area contributed by atoms with E-state index in [1.54, 1.807) is 12.5 Å². The maximum Gasteiger partial charge on any atom is 0.407 e. The number of pyridine rings is 1. The molecule has 140 valence electrons. The number of piperidine rings is 1. The van der Waals surface area contributed by atoms with Crippen LogP contribution < -0.4 is 10.2 Å². The van der Waals surface area contributed by atoms with E-state index in [9.17, 15) is 4.79 Å². The predicted molar refractivity (Wildman–Crippen MR) is 102 cm³/mol. The van der Waals surface area contributed by atoms with Crippen molar-refractivity contribution in [1.29, 1.82) is 0 Å². The lowest BCUT2D eigenvalue weighted by atomic mass is 10.0. The molecule has 2 unspecified atom stereocenters. The monoisotopic (exact) mass is 366 g/mol. The number of alkyl carbamates (subject to hydrolysis) is 1. The minimum absolute atomic E-state index is 0.145. The van der Waals surface area contributed by atoms with Crippen LogP contribution in [0.15, 0.2) is 24.8 Å². The van der Waals surface area contributed by atoms with Gasteiger partial charge in [0.05, 0.1) is 23.6 Å². The number of carbonyl (C=O) groups excluding carboxylic acids is 1. The summed E-state index contributed by atoms with van der Waals surface area (Å²) in [5, 5.41) is 4.89. The third kappa shape index (κ3) is 3.05. The van der Waals surface area contributed by atoms with E-state index >= 15 is 0 Å². The second kappa shape index (κ2) is 6.37. The van der Waals surface area contributed by atoms with Crippen LogP contribution in [0.2, 0.25) is 0 Å². The number of fused-ring (bicyclic) bond motifs is 3. The van der Waals surface area contributed by atoms with Crippen LogP contribution in [-0.2, 0) is 4.74 Å². The van der Waals surface area contributed by atoms with Gasteiger partial charge in [0.15, 0.2) is 0 Å². The van der Waals surface area contributed by atoms with Gasteiger partial charge in [-0.2, -0.15) is 0 Å². The first kappa shape index (κ1) is 16.3. The van der Waals surface area contributed by atoms with Gasteiger partial charge in [0.25, 0.3) is 0 Å². The van der Waals surface area contributed by atoms with E-state index in [2.05, 4.69) is 37.1 Å². The Balaban J connectivity index is 1.46. The summed E-state index contributed by atoms with van der Waals surface area (Å²) >= 11 is 0. The fourth-order valence-corrected chi connectivity index (χ4v) is 3.80. The Morgan fingerprint density at radius 1 is 1.26 bits per heavy atom. The topological polar surface area (TPSA) is 96.0 Å². The highest BCUT2D eigenvalue weighted by molar-refractivity contribution is 6.08. The van der Waals surface area contributed by atoms with Crippen molar-refractivity contribution < 1.29 is 9.53 Å². The smallest absolute Gasteiger partial charge is 0.407 e. The molecule has 3 aromatic heterocycles. The van der Waals surface area contributed by atoms with Gasteiger partial charge < -0.3 is 19.9 Å². The highest BCUT2D eigenvalue weighted by Gasteiger charge is 2.31. The van der Waals surface area contributed by atoms with Crippen molar-refractivity contribution in [1.82, 2.24) is 25.3 Å². The van der Waals surface area contributed by atoms with Crippen LogP contribution in [0, 0.1) is 0 Å². The Kier molecular flexibility index (Phi) is 3.84. The first-order valence-corrected chi connectivity index (χ1v) is 9.49. The van der Waals surface area contributed by atoms with Crippen molar-refractivity contribution in [2.24, 2.45) is 0 Å². The molecule has 2 aliphatic rings. The second-order valence-corrected chi connectivity index (χ2v) is 7.48. The van der Waals surface area contributed by atoms with Crippen LogP contribution >= 0.6 is 0 Å². The predicted octanol–water partition coefficient (Wildman–Crippen LogP) is 2.75. The number of carbonyl (C=O) groups is 1. The molecule has 1 saturated carbocycles. The fraction of sp³-hybridized carbons (Fsp3) is 0.474. The molecule has 0 radical (unpaired) electrons. The first-order valence-electron chi connectivity index (χ1n) is 9.49. The van der Waals surface area contributed by atoms with E-state index in [1.807, 2.05) is 12.3 Å². The van der Waals surface area contributed by atoms with Crippen molar-refractivity contribution in [3.63, 3.8) is 0 Å². The standard InChI is InChI=1S/C19H22N6O2/c1-11-2-5-13(27-19(26)24-12-3-4-12)9-25(11)18-16-14-6-7-20-17(14)21-8-15(16)22-10-23-18/h6-8,10-13H,2-5,9H2,1H3,(H,20,21)(H,24,26). The zero-order valence-electron chi connectivity index (χ0n) is 15.2. The van der Waals surface area contributed by atoms with Crippen molar-refractivity contribution in [2.45, 2.75) is 50.8 Å². The van der Waals surface area contributed by atoms with Crippen molar-refractivity contribution in [3.8, 4) is 0 Å². The van der Waals surface area contributed by atoms with Gasteiger partial charge in [0, 0.05) is 23.7 Å². The lowest BCUT2D eigenvalue weighted by molar-refractivity contribution is 0.0834. The quantitative estimate of drug-likeness (QED) is 0.740. The van der Waals surface area contributed by atoms with Crippen molar-refractivity contribution in [2.75, 3.05) is 11.4 Å². The molecule has 1 saturated heterocycles. The summed E-state index contributed by atoms with van der Waals surface area (Å²) in [6.07, 6.45) is 8.68. The fourth-order valence-electron chi connectivity index (χ4n) is 3.80. The minimum atomic E-state index is -0.304. The zero-order valence-corrected chi connectivity index (χ0v) is 15.2. The number of aromatic amines is 1. The normalized spacial score (nSPS) is 22.9. The maximum absolute atomic E-state index is 12.0. The number of hydrogen-bond acceptors (Lipinski definition) is 6. The lowest BCUT2D eigenvalue weighted by Crippen LogP contribution is -2.47. The summed E-state index contributed by atoms with van der Waals surface area (Å²) in [5.74, 6) is 0.871. The molecule has 0 aromatic carbocycles. The molecule has 5 rings (SSSR count). The van der Waals surface area contributed by atoms with Gasteiger partial charge in [-0.05, 0) is 38.7 Å². The summed E-state index contributed by atoms with van der Waals surface area (Å²) in [6, 6.07) is 2.61. The molecule has 3 aromatic rings. The van der Waals surface area contributed by atoms with E-state index < -0.39 is 0 Å². The number of aromatic nitrogens is 4. The van der Waals surface area contributed by atoms with E-state index in [1.165, 1.54) is 0 Å². The molecule has 1 aliphatic carbocycles. The second-order valence-electron chi connectivity index (χ2n) is 7.48. The third-order valence-corrected chi connectivity index (χ3v) is 5.45. The van der Waals surface area contributed by atoms with Crippen LogP contribution in [0.5, 0.6) is 0 Å². The van der Waals surface area contributed by atoms with Crippen LogP contribution in [0.3, 0.4) is 0 Å². The van der Waals surface area contributed by atoms with Crippen LogP contribution in [0.25, 0.3) is 21.9 Å². The number of amides is 1. The van der Waals surface area contributed by atoms with Gasteiger partial charge in [0.2, 0.25) is 0 Å². The van der Waals surface area contributed by atoms with E-state index in [-0.39, 0.29) is 12.2 Å². The number of anilines is 1. The number of rotatable bonds is 3. The molecule has 2 N–H and O–H groups in total. The Bertz CT molecular complexity index is 998. The molecule has 8 heteroatoms. The summed E-state index contributed by atoms with van der Waals surface area (Å²) in [6.45, 7) is 2.81. The molecule has 2 atom stereocenters. The van der Waals surface area contributed by atoms with Gasteiger partial charge >= 0.3 is 6.09 Å². The Labute approximate surface area is 156 Å². The molecule has 0 spiro atoms. The molecule has 27 heavy (non-hydrogen) atoms. The van der Waals surface area contributed by atoms with Crippen LogP contribution in [-0.4, -0.2) is 50.8 Å². The zero-order chi connectivity index (χ0) is 18.4. The van der Waals surface area contributed by atoms with Crippen molar-refractivity contribution in [3.05, 3.63) is 24.8 Å². The molecule has 0 bridgehead atoms. The first-order chi connectivity index (χ1) is 13.2. The average Bonchev–Trinajstić information content (AvgIpc) is 3.34. The molecular weight excluding hydrogens is 344 g/mol. The van der Waals surface area contributed by atoms with Gasteiger partial charge in [-0.25, -0.2) is 19.7 Å². The molecule has 8 nitrogen and oxygen atoms in total. The minimum Gasteiger partial charge on any atom is -0.444 e. The Morgan fingerprint density at radius 3 is 3.00 bits per heavy atom. The Hall–Kier alpha value is -2.90. The molecule has 4 heterocycles. The van der Waals surface area contributed by atoms with Gasteiger partial charge in [-0.3, -0.25) is 0 Å². The molecular formula is C19H22N6O2.